The third kappa shape index (κ3) is 5.63. The molecule has 0 saturated carbocycles. The van der Waals surface area contributed by atoms with Crippen LogP contribution in [0.2, 0.25) is 0 Å². The first-order valence-electron chi connectivity index (χ1n) is 6.53. The van der Waals surface area contributed by atoms with Gasteiger partial charge in [-0.15, -0.1) is 0 Å². The predicted molar refractivity (Wildman–Crippen MR) is 74.4 cm³/mol. The summed E-state index contributed by atoms with van der Waals surface area (Å²) in [4.78, 5) is 0. The van der Waals surface area contributed by atoms with Crippen LogP contribution in [0, 0.1) is 5.41 Å². The van der Waals surface area contributed by atoms with Crippen molar-refractivity contribution in [1.82, 2.24) is 5.32 Å². The summed E-state index contributed by atoms with van der Waals surface area (Å²) in [6.45, 7) is 8.31. The Morgan fingerprint density at radius 2 is 1.94 bits per heavy atom. The summed E-state index contributed by atoms with van der Waals surface area (Å²) in [7, 11) is 0. The highest BCUT2D eigenvalue weighted by Crippen LogP contribution is 2.15. The van der Waals surface area contributed by atoms with Crippen molar-refractivity contribution < 1.29 is 9.84 Å². The van der Waals surface area contributed by atoms with Crippen LogP contribution < -0.4 is 5.32 Å². The average Bonchev–Trinajstić information content (AvgIpc) is 2.38. The standard InChI is InChI=1S/C15H25NO2/c1-13(2)18-12-15(3,11-17)10-16-9-14-7-5-4-6-8-14/h4-8,13,16-17H,9-12H2,1-3H3/t15-/m1/s1. The van der Waals surface area contributed by atoms with Crippen LogP contribution in [0.1, 0.15) is 26.3 Å². The van der Waals surface area contributed by atoms with Gasteiger partial charge in [-0.05, 0) is 19.4 Å². The van der Waals surface area contributed by atoms with Gasteiger partial charge in [-0.2, -0.15) is 0 Å². The second-order valence-electron chi connectivity index (χ2n) is 5.42. The van der Waals surface area contributed by atoms with Crippen LogP contribution in [0.3, 0.4) is 0 Å². The molecule has 0 unspecified atom stereocenters. The van der Waals surface area contributed by atoms with Crippen LogP contribution in [0.15, 0.2) is 30.3 Å². The first-order chi connectivity index (χ1) is 8.56. The minimum Gasteiger partial charge on any atom is -0.396 e. The number of ether oxygens (including phenoxy) is 1. The number of hydrogen-bond acceptors (Lipinski definition) is 3. The van der Waals surface area contributed by atoms with E-state index < -0.39 is 0 Å². The fourth-order valence-electron chi connectivity index (χ4n) is 1.62. The summed E-state index contributed by atoms with van der Waals surface area (Å²) in [6.07, 6.45) is 0.199. The van der Waals surface area contributed by atoms with Gasteiger partial charge in [-0.25, -0.2) is 0 Å². The van der Waals surface area contributed by atoms with E-state index in [9.17, 15) is 5.11 Å². The summed E-state index contributed by atoms with van der Waals surface area (Å²) in [6, 6.07) is 10.3. The van der Waals surface area contributed by atoms with Gasteiger partial charge in [0.15, 0.2) is 0 Å². The zero-order valence-corrected chi connectivity index (χ0v) is 11.6. The molecular weight excluding hydrogens is 226 g/mol. The molecule has 1 aromatic carbocycles. The van der Waals surface area contributed by atoms with E-state index in [1.54, 1.807) is 0 Å². The first-order valence-corrected chi connectivity index (χ1v) is 6.53. The Morgan fingerprint density at radius 1 is 1.28 bits per heavy atom. The lowest BCUT2D eigenvalue weighted by molar-refractivity contribution is -0.0108. The smallest absolute Gasteiger partial charge is 0.0557 e. The van der Waals surface area contributed by atoms with Crippen LogP contribution in [0.25, 0.3) is 0 Å². The van der Waals surface area contributed by atoms with Crippen LogP contribution in [0.4, 0.5) is 0 Å². The van der Waals surface area contributed by atoms with E-state index in [0.29, 0.717) is 6.61 Å². The van der Waals surface area contributed by atoms with E-state index in [2.05, 4.69) is 17.4 Å². The summed E-state index contributed by atoms with van der Waals surface area (Å²) < 4.78 is 5.60. The van der Waals surface area contributed by atoms with Crippen LogP contribution in [0.5, 0.6) is 0 Å². The molecule has 0 heterocycles. The second kappa shape index (κ2) is 7.52. The van der Waals surface area contributed by atoms with Crippen molar-refractivity contribution in [1.29, 1.82) is 0 Å². The molecule has 1 aromatic rings. The number of benzene rings is 1. The van der Waals surface area contributed by atoms with Gasteiger partial charge in [-0.1, -0.05) is 37.3 Å². The predicted octanol–water partition coefficient (Wildman–Crippen LogP) is 2.20. The lowest BCUT2D eigenvalue weighted by Gasteiger charge is -2.28. The molecule has 0 amide bonds. The molecule has 0 bridgehead atoms. The fraction of sp³-hybridized carbons (Fsp3) is 0.600. The molecule has 0 radical (unpaired) electrons. The molecule has 0 aliphatic heterocycles. The van der Waals surface area contributed by atoms with Gasteiger partial charge in [0.25, 0.3) is 0 Å². The normalized spacial score (nSPS) is 14.7. The minimum atomic E-state index is -0.223. The molecule has 2 N–H and O–H groups in total. The maximum atomic E-state index is 9.48. The lowest BCUT2D eigenvalue weighted by atomic mass is 9.93. The van der Waals surface area contributed by atoms with Crippen molar-refractivity contribution in [3.63, 3.8) is 0 Å². The van der Waals surface area contributed by atoms with E-state index in [4.69, 9.17) is 4.74 Å². The number of rotatable bonds is 8. The van der Waals surface area contributed by atoms with Crippen LogP contribution in [-0.4, -0.2) is 31.0 Å². The highest BCUT2D eigenvalue weighted by Gasteiger charge is 2.23. The fourth-order valence-corrected chi connectivity index (χ4v) is 1.62. The highest BCUT2D eigenvalue weighted by molar-refractivity contribution is 5.14. The van der Waals surface area contributed by atoms with E-state index in [-0.39, 0.29) is 18.1 Å². The maximum absolute atomic E-state index is 9.48. The Kier molecular flexibility index (Phi) is 6.33. The molecule has 0 aliphatic rings. The quantitative estimate of drug-likeness (QED) is 0.744. The van der Waals surface area contributed by atoms with Gasteiger partial charge >= 0.3 is 0 Å². The molecule has 0 aromatic heterocycles. The summed E-state index contributed by atoms with van der Waals surface area (Å²) in [5.41, 5.74) is 1.03. The maximum Gasteiger partial charge on any atom is 0.0557 e. The summed E-state index contributed by atoms with van der Waals surface area (Å²) >= 11 is 0. The molecular formula is C15H25NO2. The Hall–Kier alpha value is -0.900. The average molecular weight is 251 g/mol. The van der Waals surface area contributed by atoms with Crippen molar-refractivity contribution in [3.05, 3.63) is 35.9 Å². The molecule has 3 heteroatoms. The van der Waals surface area contributed by atoms with E-state index in [1.807, 2.05) is 39.0 Å². The SMILES string of the molecule is CC(C)OC[C@@](C)(CO)CNCc1ccccc1. The molecule has 1 rings (SSSR count). The third-order valence-corrected chi connectivity index (χ3v) is 2.87. The zero-order valence-electron chi connectivity index (χ0n) is 11.6. The van der Waals surface area contributed by atoms with Gasteiger partial charge < -0.3 is 15.2 Å². The van der Waals surface area contributed by atoms with E-state index in [1.165, 1.54) is 5.56 Å². The van der Waals surface area contributed by atoms with Crippen molar-refractivity contribution in [3.8, 4) is 0 Å². The Balaban J connectivity index is 2.34. The number of aliphatic hydroxyl groups is 1. The molecule has 102 valence electrons. The van der Waals surface area contributed by atoms with Gasteiger partial charge in [0.2, 0.25) is 0 Å². The van der Waals surface area contributed by atoms with E-state index in [0.717, 1.165) is 13.1 Å². The molecule has 0 spiro atoms. The largest absolute Gasteiger partial charge is 0.396 e. The molecule has 18 heavy (non-hydrogen) atoms. The second-order valence-corrected chi connectivity index (χ2v) is 5.42. The number of aliphatic hydroxyl groups excluding tert-OH is 1. The first kappa shape index (κ1) is 15.2. The Morgan fingerprint density at radius 3 is 2.50 bits per heavy atom. The molecule has 0 fully saturated rings. The summed E-state index contributed by atoms with van der Waals surface area (Å²) in [5.74, 6) is 0. The Labute approximate surface area is 110 Å². The summed E-state index contributed by atoms with van der Waals surface area (Å²) in [5, 5.41) is 12.9. The number of nitrogens with one attached hydrogen (secondary N) is 1. The van der Waals surface area contributed by atoms with Crippen molar-refractivity contribution in [2.75, 3.05) is 19.8 Å². The van der Waals surface area contributed by atoms with Gasteiger partial charge in [0, 0.05) is 18.5 Å². The lowest BCUT2D eigenvalue weighted by Crippen LogP contribution is -2.39. The van der Waals surface area contributed by atoms with Crippen molar-refractivity contribution in [2.24, 2.45) is 5.41 Å². The topological polar surface area (TPSA) is 41.5 Å². The molecule has 0 aliphatic carbocycles. The minimum absolute atomic E-state index is 0.126. The molecule has 3 nitrogen and oxygen atoms in total. The van der Waals surface area contributed by atoms with Crippen LogP contribution >= 0.6 is 0 Å². The highest BCUT2D eigenvalue weighted by atomic mass is 16.5. The Bertz CT molecular complexity index is 327. The van der Waals surface area contributed by atoms with Gasteiger partial charge in [0.05, 0.1) is 19.3 Å². The molecule has 0 saturated heterocycles. The third-order valence-electron chi connectivity index (χ3n) is 2.87. The monoisotopic (exact) mass is 251 g/mol. The van der Waals surface area contributed by atoms with Crippen molar-refractivity contribution >= 4 is 0 Å². The van der Waals surface area contributed by atoms with E-state index >= 15 is 0 Å². The molecule has 1 atom stereocenters. The van der Waals surface area contributed by atoms with Crippen molar-refractivity contribution in [2.45, 2.75) is 33.4 Å². The van der Waals surface area contributed by atoms with Gasteiger partial charge in [-0.3, -0.25) is 0 Å². The van der Waals surface area contributed by atoms with Gasteiger partial charge in [0.1, 0.15) is 0 Å². The number of hydrogen-bond donors (Lipinski definition) is 2. The van der Waals surface area contributed by atoms with Crippen LogP contribution in [-0.2, 0) is 11.3 Å². The zero-order chi connectivity index (χ0) is 13.4.